The zero-order valence-electron chi connectivity index (χ0n) is 14.7. The number of aromatic hydroxyl groups is 2. The van der Waals surface area contributed by atoms with E-state index in [9.17, 15) is 19.2 Å². The maximum Gasteiger partial charge on any atom is 0.322 e. The average molecular weight is 417 g/mol. The zero-order valence-corrected chi connectivity index (χ0v) is 15.6. The fourth-order valence-corrected chi connectivity index (χ4v) is 1.88. The van der Waals surface area contributed by atoms with Crippen molar-refractivity contribution in [2.75, 3.05) is 12.3 Å². The van der Waals surface area contributed by atoms with Gasteiger partial charge < -0.3 is 36.8 Å². The van der Waals surface area contributed by atoms with Crippen LogP contribution in [0.5, 0.6) is 11.5 Å². The Morgan fingerprint density at radius 3 is 2.00 bits per heavy atom. The average Bonchev–Trinajstić information content (AvgIpc) is 2.64. The first-order valence-corrected chi connectivity index (χ1v) is 8.56. The standard InChI is InChI=1S/C10H17N3O6S.C6H6O2/c11-5(10(18)19)1-2-7(14)13-6(4-20)9(17)12-3-8(15)16;7-5-3-1-2-4-6(5)8/h5-6,20H,1-4,11H2,(H,12,17)(H,13,14)(H,15,16)(H,18,19);1-4,7-8H/t5-,6-;/m0./s1. The van der Waals surface area contributed by atoms with Crippen molar-refractivity contribution >= 4 is 36.4 Å². The van der Waals surface area contributed by atoms with Gasteiger partial charge in [-0.05, 0) is 18.6 Å². The second-order valence-electron chi connectivity index (χ2n) is 5.39. The SMILES string of the molecule is N[C@@H](CCC(=O)N[C@@H](CS)C(=O)NCC(=O)O)C(=O)O.Oc1ccccc1O. The summed E-state index contributed by atoms with van der Waals surface area (Å²) in [7, 11) is 0. The Kier molecular flexibility index (Phi) is 11.8. The van der Waals surface area contributed by atoms with Crippen molar-refractivity contribution in [3.8, 4) is 11.5 Å². The van der Waals surface area contributed by atoms with Gasteiger partial charge in [0.1, 0.15) is 18.6 Å². The van der Waals surface area contributed by atoms with Gasteiger partial charge >= 0.3 is 11.9 Å². The molecule has 1 aromatic carbocycles. The second-order valence-corrected chi connectivity index (χ2v) is 5.75. The number of hydrogen-bond donors (Lipinski definition) is 8. The molecule has 1 aromatic rings. The van der Waals surface area contributed by atoms with Crippen molar-refractivity contribution in [1.82, 2.24) is 10.6 Å². The third-order valence-electron chi connectivity index (χ3n) is 3.13. The van der Waals surface area contributed by atoms with E-state index in [2.05, 4.69) is 23.3 Å². The predicted octanol–water partition coefficient (Wildman–Crippen LogP) is -1.11. The van der Waals surface area contributed by atoms with Gasteiger partial charge in [0.05, 0.1) is 0 Å². The molecule has 156 valence electrons. The molecule has 11 nitrogen and oxygen atoms in total. The first-order valence-electron chi connectivity index (χ1n) is 7.93. The Bertz CT molecular complexity index is 665. The Morgan fingerprint density at radius 1 is 1.07 bits per heavy atom. The molecule has 0 unspecified atom stereocenters. The summed E-state index contributed by atoms with van der Waals surface area (Å²) < 4.78 is 0. The fraction of sp³-hybridized carbons (Fsp3) is 0.375. The summed E-state index contributed by atoms with van der Waals surface area (Å²) in [5.74, 6) is -3.86. The van der Waals surface area contributed by atoms with Crippen LogP contribution in [0.25, 0.3) is 0 Å². The number of phenolic OH excluding ortho intramolecular Hbond substituents is 2. The number of hydrogen-bond acceptors (Lipinski definition) is 8. The summed E-state index contributed by atoms with van der Waals surface area (Å²) in [6.07, 6.45) is -0.235. The molecule has 8 N–H and O–H groups in total. The van der Waals surface area contributed by atoms with E-state index in [1.165, 1.54) is 12.1 Å². The number of thiol groups is 1. The molecule has 0 spiro atoms. The molecule has 0 aliphatic carbocycles. The molecule has 12 heteroatoms. The maximum absolute atomic E-state index is 11.5. The first-order chi connectivity index (χ1) is 13.1. The number of amides is 2. The molecule has 0 aliphatic rings. The number of rotatable bonds is 9. The predicted molar refractivity (Wildman–Crippen MR) is 101 cm³/mol. The third kappa shape index (κ3) is 10.9. The van der Waals surface area contributed by atoms with Crippen molar-refractivity contribution in [3.63, 3.8) is 0 Å². The molecular weight excluding hydrogens is 394 g/mol. The van der Waals surface area contributed by atoms with Gasteiger partial charge in [-0.1, -0.05) is 12.1 Å². The highest BCUT2D eigenvalue weighted by molar-refractivity contribution is 7.80. The van der Waals surface area contributed by atoms with Gasteiger partial charge in [-0.2, -0.15) is 12.6 Å². The van der Waals surface area contributed by atoms with Crippen molar-refractivity contribution in [3.05, 3.63) is 24.3 Å². The van der Waals surface area contributed by atoms with Crippen molar-refractivity contribution in [2.45, 2.75) is 24.9 Å². The van der Waals surface area contributed by atoms with Crippen LogP contribution in [0, 0.1) is 0 Å². The minimum Gasteiger partial charge on any atom is -0.504 e. The summed E-state index contributed by atoms with van der Waals surface area (Å²) in [4.78, 5) is 43.7. The van der Waals surface area contributed by atoms with Crippen LogP contribution in [0.2, 0.25) is 0 Å². The molecule has 1 rings (SSSR count). The highest BCUT2D eigenvalue weighted by Crippen LogP contribution is 2.21. The highest BCUT2D eigenvalue weighted by Gasteiger charge is 2.20. The Labute approximate surface area is 166 Å². The van der Waals surface area contributed by atoms with Gasteiger partial charge in [-0.25, -0.2) is 0 Å². The van der Waals surface area contributed by atoms with E-state index in [1.54, 1.807) is 12.1 Å². The lowest BCUT2D eigenvalue weighted by Crippen LogP contribution is -2.49. The highest BCUT2D eigenvalue weighted by atomic mass is 32.1. The number of phenols is 2. The Hall–Kier alpha value is -2.99. The maximum atomic E-state index is 11.5. The molecule has 28 heavy (non-hydrogen) atoms. The van der Waals surface area contributed by atoms with Crippen LogP contribution >= 0.6 is 12.6 Å². The quantitative estimate of drug-likeness (QED) is 0.181. The molecule has 0 fully saturated rings. The Balaban J connectivity index is 0.000000749. The van der Waals surface area contributed by atoms with E-state index in [0.29, 0.717) is 0 Å². The van der Waals surface area contributed by atoms with Gasteiger partial charge in [0.2, 0.25) is 11.8 Å². The number of nitrogens with one attached hydrogen (secondary N) is 2. The minimum absolute atomic E-state index is 0.0256. The van der Waals surface area contributed by atoms with Crippen molar-refractivity contribution in [2.24, 2.45) is 5.73 Å². The molecule has 0 bridgehead atoms. The lowest BCUT2D eigenvalue weighted by molar-refractivity contribution is -0.139. The van der Waals surface area contributed by atoms with Crippen molar-refractivity contribution in [1.29, 1.82) is 0 Å². The number of carboxylic acid groups (broad SMARTS) is 2. The molecular formula is C16H23N3O8S. The minimum atomic E-state index is -1.22. The lowest BCUT2D eigenvalue weighted by atomic mass is 10.1. The van der Waals surface area contributed by atoms with Crippen LogP contribution in [0.4, 0.5) is 0 Å². The van der Waals surface area contributed by atoms with E-state index < -0.39 is 42.4 Å². The van der Waals surface area contributed by atoms with Gasteiger partial charge in [0, 0.05) is 12.2 Å². The number of carboxylic acids is 2. The van der Waals surface area contributed by atoms with Crippen LogP contribution in [0.3, 0.4) is 0 Å². The Morgan fingerprint density at radius 2 is 1.61 bits per heavy atom. The molecule has 2 amide bonds. The first kappa shape index (κ1) is 25.0. The molecule has 0 radical (unpaired) electrons. The van der Waals surface area contributed by atoms with Crippen LogP contribution in [0.1, 0.15) is 12.8 Å². The number of para-hydroxylation sites is 2. The molecule has 0 saturated carbocycles. The van der Waals surface area contributed by atoms with Gasteiger partial charge in [0.15, 0.2) is 11.5 Å². The molecule has 2 atom stereocenters. The molecule has 0 saturated heterocycles. The third-order valence-corrected chi connectivity index (χ3v) is 3.49. The number of carbonyl (C=O) groups excluding carboxylic acids is 2. The molecule has 0 aliphatic heterocycles. The zero-order chi connectivity index (χ0) is 21.7. The summed E-state index contributed by atoms with van der Waals surface area (Å²) >= 11 is 3.87. The van der Waals surface area contributed by atoms with E-state index in [-0.39, 0.29) is 30.1 Å². The van der Waals surface area contributed by atoms with Crippen LogP contribution in [0.15, 0.2) is 24.3 Å². The number of carbonyl (C=O) groups is 4. The van der Waals surface area contributed by atoms with E-state index in [1.807, 2.05) is 0 Å². The normalized spacial score (nSPS) is 11.9. The summed E-state index contributed by atoms with van der Waals surface area (Å²) in [6, 6.07) is 4.00. The summed E-state index contributed by atoms with van der Waals surface area (Å²) in [6.45, 7) is -0.567. The fourth-order valence-electron chi connectivity index (χ4n) is 1.62. The van der Waals surface area contributed by atoms with Gasteiger partial charge in [-0.15, -0.1) is 0 Å². The molecule has 0 aromatic heterocycles. The van der Waals surface area contributed by atoms with Crippen molar-refractivity contribution < 1.29 is 39.6 Å². The van der Waals surface area contributed by atoms with E-state index in [4.69, 9.17) is 26.2 Å². The molecule has 0 heterocycles. The topological polar surface area (TPSA) is 199 Å². The largest absolute Gasteiger partial charge is 0.504 e. The number of aliphatic carboxylic acids is 2. The number of benzene rings is 1. The van der Waals surface area contributed by atoms with E-state index in [0.717, 1.165) is 0 Å². The lowest BCUT2D eigenvalue weighted by Gasteiger charge is -2.16. The van der Waals surface area contributed by atoms with Crippen LogP contribution in [-0.2, 0) is 19.2 Å². The monoisotopic (exact) mass is 417 g/mol. The van der Waals surface area contributed by atoms with Gasteiger partial charge in [0.25, 0.3) is 0 Å². The van der Waals surface area contributed by atoms with Crippen LogP contribution < -0.4 is 16.4 Å². The van der Waals surface area contributed by atoms with E-state index >= 15 is 0 Å². The summed E-state index contributed by atoms with van der Waals surface area (Å²) in [5.41, 5.74) is 5.23. The smallest absolute Gasteiger partial charge is 0.322 e. The second kappa shape index (κ2) is 13.2. The van der Waals surface area contributed by atoms with Crippen LogP contribution in [-0.4, -0.2) is 68.6 Å². The van der Waals surface area contributed by atoms with Gasteiger partial charge in [-0.3, -0.25) is 19.2 Å². The number of nitrogens with two attached hydrogens (primary N) is 1. The summed E-state index contributed by atoms with van der Waals surface area (Å²) in [5, 5.41) is 38.7.